The number of rotatable bonds is 10. The molecule has 0 aliphatic carbocycles. The van der Waals surface area contributed by atoms with Gasteiger partial charge in [0.25, 0.3) is 0 Å². The van der Waals surface area contributed by atoms with Gasteiger partial charge in [-0.15, -0.1) is 0 Å². The van der Waals surface area contributed by atoms with Crippen LogP contribution in [0.3, 0.4) is 0 Å². The summed E-state index contributed by atoms with van der Waals surface area (Å²) in [5.41, 5.74) is 0.231. The van der Waals surface area contributed by atoms with E-state index in [-0.39, 0.29) is 6.61 Å². The van der Waals surface area contributed by atoms with E-state index in [1.54, 1.807) is 6.92 Å². The van der Waals surface area contributed by atoms with Gasteiger partial charge in [-0.2, -0.15) is 4.39 Å². The topological polar surface area (TPSA) is 111 Å². The van der Waals surface area contributed by atoms with Crippen molar-refractivity contribution in [2.45, 2.75) is 33.6 Å². The largest absolute Gasteiger partial charge is 0.462 e. The van der Waals surface area contributed by atoms with E-state index in [1.807, 2.05) is 6.92 Å². The minimum Gasteiger partial charge on any atom is -0.462 e. The molecule has 1 aromatic carbocycles. The van der Waals surface area contributed by atoms with Gasteiger partial charge >= 0.3 is 11.7 Å². The molecular weight excluding hydrogens is 383 g/mol. The highest BCUT2D eigenvalue weighted by molar-refractivity contribution is 6.25. The minimum atomic E-state index is -1.99. The predicted octanol–water partition coefficient (Wildman–Crippen LogP) is 2.84. The van der Waals surface area contributed by atoms with Crippen molar-refractivity contribution >= 4 is 17.4 Å². The van der Waals surface area contributed by atoms with Crippen molar-refractivity contribution in [1.29, 1.82) is 0 Å². The molecule has 0 saturated carbocycles. The van der Waals surface area contributed by atoms with Crippen LogP contribution in [0.2, 0.25) is 0 Å². The first kappa shape index (κ1) is 23.1. The molecule has 0 bridgehead atoms. The molecule has 0 aliphatic rings. The summed E-state index contributed by atoms with van der Waals surface area (Å²) in [4.78, 5) is 34.6. The number of halogens is 3. The van der Waals surface area contributed by atoms with Gasteiger partial charge in [-0.3, -0.25) is 14.9 Å². The molecule has 1 rings (SSSR count). The van der Waals surface area contributed by atoms with E-state index in [0.717, 1.165) is 13.1 Å². The molecule has 8 nitrogen and oxygen atoms in total. The van der Waals surface area contributed by atoms with Gasteiger partial charge in [-0.25, -0.2) is 19.0 Å². The Balaban J connectivity index is 3.54. The molecule has 154 valence electrons. The van der Waals surface area contributed by atoms with Crippen LogP contribution in [0.4, 0.5) is 18.9 Å². The summed E-state index contributed by atoms with van der Waals surface area (Å²) in [6.45, 7) is 4.69. The fraction of sp³-hybridized carbons (Fsp3) is 0.412. The zero-order valence-corrected chi connectivity index (χ0v) is 15.5. The standard InChI is InChI=1S/C17H20F3N3O5/c1-4-6-21-22-8-10(17(25)28-7-5-2)16(24)11-12(18)9(3)13(19)14(20)15(11)23(26)27/h8,21-22H,4-7H2,1-3H3. The van der Waals surface area contributed by atoms with Crippen LogP contribution in [-0.4, -0.2) is 29.8 Å². The predicted molar refractivity (Wildman–Crippen MR) is 92.8 cm³/mol. The average molecular weight is 403 g/mol. The Kier molecular flexibility index (Phi) is 8.58. The summed E-state index contributed by atoms with van der Waals surface area (Å²) in [5, 5.41) is 11.1. The van der Waals surface area contributed by atoms with Crippen LogP contribution in [0.25, 0.3) is 0 Å². The molecule has 0 atom stereocenters. The normalized spacial score (nSPS) is 11.3. The van der Waals surface area contributed by atoms with Crippen molar-refractivity contribution in [1.82, 2.24) is 10.9 Å². The molecule has 2 N–H and O–H groups in total. The average Bonchev–Trinajstić information content (AvgIpc) is 2.66. The lowest BCUT2D eigenvalue weighted by Gasteiger charge is -2.11. The van der Waals surface area contributed by atoms with Gasteiger partial charge in [0.15, 0.2) is 5.82 Å². The van der Waals surface area contributed by atoms with Crippen LogP contribution in [0.15, 0.2) is 11.8 Å². The number of nitro groups is 1. The smallest absolute Gasteiger partial charge is 0.343 e. The van der Waals surface area contributed by atoms with Gasteiger partial charge in [-0.05, 0) is 19.8 Å². The molecule has 0 amide bonds. The highest BCUT2D eigenvalue weighted by atomic mass is 19.2. The number of esters is 1. The van der Waals surface area contributed by atoms with Crippen molar-refractivity contribution in [2.24, 2.45) is 0 Å². The minimum absolute atomic E-state index is 0.0762. The van der Waals surface area contributed by atoms with Crippen molar-refractivity contribution in [3.63, 3.8) is 0 Å². The Hall–Kier alpha value is -2.95. The number of nitro benzene ring substituents is 1. The number of carbonyl (C=O) groups excluding carboxylic acids is 2. The maximum Gasteiger partial charge on any atom is 0.343 e. The number of Topliss-reactive ketones (excluding diaryl/α,β-unsaturated/α-hetero) is 1. The van der Waals surface area contributed by atoms with Gasteiger partial charge < -0.3 is 10.2 Å². The second-order valence-electron chi connectivity index (χ2n) is 5.64. The van der Waals surface area contributed by atoms with E-state index in [0.29, 0.717) is 19.4 Å². The quantitative estimate of drug-likeness (QED) is 0.0711. The van der Waals surface area contributed by atoms with E-state index in [1.165, 1.54) is 0 Å². The molecule has 0 heterocycles. The number of ether oxygens (including phenoxy) is 1. The molecule has 0 aromatic heterocycles. The monoisotopic (exact) mass is 403 g/mol. The van der Waals surface area contributed by atoms with Gasteiger partial charge in [-0.1, -0.05) is 13.8 Å². The van der Waals surface area contributed by atoms with Crippen LogP contribution in [0, 0.1) is 34.5 Å². The second kappa shape index (κ2) is 10.4. The number of hydrogen-bond acceptors (Lipinski definition) is 7. The van der Waals surface area contributed by atoms with E-state index in [9.17, 15) is 32.9 Å². The van der Waals surface area contributed by atoms with E-state index >= 15 is 0 Å². The van der Waals surface area contributed by atoms with Crippen LogP contribution in [-0.2, 0) is 9.53 Å². The third-order valence-electron chi connectivity index (χ3n) is 3.52. The Morgan fingerprint density at radius 1 is 1.14 bits per heavy atom. The SMILES string of the molecule is CCCNNC=C(C(=O)OCCC)C(=O)c1c(F)c(C)c(F)c(F)c1[N+](=O)[O-]. The molecule has 0 spiro atoms. The number of carbonyl (C=O) groups is 2. The lowest BCUT2D eigenvalue weighted by molar-refractivity contribution is -0.388. The van der Waals surface area contributed by atoms with Crippen LogP contribution >= 0.6 is 0 Å². The second-order valence-corrected chi connectivity index (χ2v) is 5.64. The summed E-state index contributed by atoms with van der Waals surface area (Å²) in [7, 11) is 0. The first-order valence-corrected chi connectivity index (χ1v) is 8.40. The highest BCUT2D eigenvalue weighted by Gasteiger charge is 2.37. The van der Waals surface area contributed by atoms with E-state index in [2.05, 4.69) is 10.9 Å². The number of nitrogens with one attached hydrogen (secondary N) is 2. The molecule has 11 heteroatoms. The van der Waals surface area contributed by atoms with Crippen LogP contribution < -0.4 is 10.9 Å². The molecule has 0 fully saturated rings. The van der Waals surface area contributed by atoms with Gasteiger partial charge in [0.1, 0.15) is 17.0 Å². The molecule has 0 saturated heterocycles. The zero-order chi connectivity index (χ0) is 21.4. The Bertz CT molecular complexity index is 812. The summed E-state index contributed by atoms with van der Waals surface area (Å²) < 4.78 is 47.1. The number of ketones is 1. The molecule has 0 aliphatic heterocycles. The third kappa shape index (κ3) is 5.06. The fourth-order valence-electron chi connectivity index (χ4n) is 2.09. The number of nitrogens with zero attached hydrogens (tertiary/aromatic N) is 1. The summed E-state index contributed by atoms with van der Waals surface area (Å²) in [6, 6.07) is 0. The highest BCUT2D eigenvalue weighted by Crippen LogP contribution is 2.32. The van der Waals surface area contributed by atoms with Gasteiger partial charge in [0.05, 0.1) is 11.5 Å². The Morgan fingerprint density at radius 3 is 2.32 bits per heavy atom. The zero-order valence-electron chi connectivity index (χ0n) is 15.5. The van der Waals surface area contributed by atoms with E-state index in [4.69, 9.17) is 4.74 Å². The molecular formula is C17H20F3N3O5. The number of benzene rings is 1. The first-order valence-electron chi connectivity index (χ1n) is 8.40. The first-order chi connectivity index (χ1) is 13.2. The summed E-state index contributed by atoms with van der Waals surface area (Å²) >= 11 is 0. The van der Waals surface area contributed by atoms with Crippen LogP contribution in [0.5, 0.6) is 0 Å². The molecule has 0 radical (unpaired) electrons. The van der Waals surface area contributed by atoms with Crippen molar-refractivity contribution in [3.05, 3.63) is 50.5 Å². The van der Waals surface area contributed by atoms with Crippen molar-refractivity contribution in [2.75, 3.05) is 13.2 Å². The maximum atomic E-state index is 14.5. The lowest BCUT2D eigenvalue weighted by atomic mass is 9.98. The van der Waals surface area contributed by atoms with Crippen molar-refractivity contribution < 1.29 is 32.4 Å². The maximum absolute atomic E-state index is 14.5. The van der Waals surface area contributed by atoms with Crippen molar-refractivity contribution in [3.8, 4) is 0 Å². The Morgan fingerprint density at radius 2 is 1.79 bits per heavy atom. The number of hydrazine groups is 1. The molecule has 0 unspecified atom stereocenters. The number of hydrogen-bond donors (Lipinski definition) is 2. The third-order valence-corrected chi connectivity index (χ3v) is 3.52. The summed E-state index contributed by atoms with van der Waals surface area (Å²) in [5.74, 6) is -8.13. The van der Waals surface area contributed by atoms with E-state index < -0.39 is 56.5 Å². The molecule has 28 heavy (non-hydrogen) atoms. The van der Waals surface area contributed by atoms with Crippen LogP contribution in [0.1, 0.15) is 42.6 Å². The fourth-order valence-corrected chi connectivity index (χ4v) is 2.09. The molecule has 1 aromatic rings. The summed E-state index contributed by atoms with van der Waals surface area (Å²) in [6.07, 6.45) is 1.93. The lowest BCUT2D eigenvalue weighted by Crippen LogP contribution is -2.30. The van der Waals surface area contributed by atoms with Gasteiger partial charge in [0.2, 0.25) is 11.6 Å². The van der Waals surface area contributed by atoms with Gasteiger partial charge in [0, 0.05) is 18.3 Å². The Labute approximate surface area is 158 Å².